The highest BCUT2D eigenvalue weighted by atomic mass is 19.4. The van der Waals surface area contributed by atoms with Crippen LogP contribution in [0.4, 0.5) is 13.2 Å². The van der Waals surface area contributed by atoms with Gasteiger partial charge in [-0.2, -0.15) is 13.2 Å². The van der Waals surface area contributed by atoms with Crippen molar-refractivity contribution in [3.63, 3.8) is 0 Å². The first-order chi connectivity index (χ1) is 11.6. The van der Waals surface area contributed by atoms with Gasteiger partial charge in [-0.05, 0) is 31.2 Å². The largest absolute Gasteiger partial charge is 0.490 e. The van der Waals surface area contributed by atoms with Crippen molar-refractivity contribution in [1.82, 2.24) is 4.98 Å². The second-order valence-electron chi connectivity index (χ2n) is 4.05. The van der Waals surface area contributed by atoms with Crippen LogP contribution in [0.1, 0.15) is 18.3 Å². The fourth-order valence-corrected chi connectivity index (χ4v) is 1.16. The van der Waals surface area contributed by atoms with Crippen LogP contribution in [0.25, 0.3) is 12.2 Å². The van der Waals surface area contributed by atoms with Gasteiger partial charge in [0.15, 0.2) is 0 Å². The number of pyridine rings is 1. The summed E-state index contributed by atoms with van der Waals surface area (Å²) >= 11 is 0. The number of nitrogens with zero attached hydrogens (tertiary/aromatic N) is 1. The molecule has 0 aliphatic rings. The average Bonchev–Trinajstić information content (AvgIpc) is 2.51. The molecular weight excluding hydrogens is 347 g/mol. The highest BCUT2D eigenvalue weighted by Gasteiger charge is 2.38. The summed E-state index contributed by atoms with van der Waals surface area (Å²) in [4.78, 5) is 34.5. The van der Waals surface area contributed by atoms with Crippen LogP contribution in [0.15, 0.2) is 30.4 Å². The topological polar surface area (TPSA) is 114 Å². The van der Waals surface area contributed by atoms with Crippen LogP contribution in [0.5, 0.6) is 0 Å². The van der Waals surface area contributed by atoms with Crippen LogP contribution in [0, 0.1) is 0 Å². The van der Waals surface area contributed by atoms with Gasteiger partial charge in [0.2, 0.25) is 0 Å². The molecule has 0 amide bonds. The molecule has 1 aromatic heterocycles. The van der Waals surface area contributed by atoms with E-state index < -0.39 is 24.1 Å². The first kappa shape index (κ1) is 21.8. The minimum atomic E-state index is -5.08. The molecular formula is C15H14F3NO6. The van der Waals surface area contributed by atoms with Gasteiger partial charge in [0.1, 0.15) is 0 Å². The molecule has 136 valence electrons. The van der Waals surface area contributed by atoms with Crippen molar-refractivity contribution in [3.8, 4) is 0 Å². The molecule has 25 heavy (non-hydrogen) atoms. The normalized spacial score (nSPS) is 11.0. The summed E-state index contributed by atoms with van der Waals surface area (Å²) < 4.78 is 36.5. The van der Waals surface area contributed by atoms with Crippen molar-refractivity contribution < 1.29 is 42.5 Å². The van der Waals surface area contributed by atoms with E-state index in [0.29, 0.717) is 18.0 Å². The van der Waals surface area contributed by atoms with Gasteiger partial charge < -0.3 is 14.9 Å². The van der Waals surface area contributed by atoms with Crippen molar-refractivity contribution in [2.24, 2.45) is 0 Å². The third-order valence-corrected chi connectivity index (χ3v) is 2.11. The van der Waals surface area contributed by atoms with Crippen molar-refractivity contribution in [1.29, 1.82) is 0 Å². The number of aliphatic carboxylic acids is 2. The third-order valence-electron chi connectivity index (χ3n) is 2.11. The Kier molecular flexibility index (Phi) is 9.23. The van der Waals surface area contributed by atoms with Gasteiger partial charge in [-0.25, -0.2) is 19.4 Å². The molecule has 10 heteroatoms. The smallest absolute Gasteiger partial charge is 0.478 e. The number of aromatic nitrogens is 1. The van der Waals surface area contributed by atoms with Crippen molar-refractivity contribution in [2.75, 3.05) is 6.61 Å². The maximum Gasteiger partial charge on any atom is 0.490 e. The lowest BCUT2D eigenvalue weighted by molar-refractivity contribution is -0.192. The van der Waals surface area contributed by atoms with Crippen LogP contribution in [0.3, 0.4) is 0 Å². The quantitative estimate of drug-likeness (QED) is 0.611. The highest BCUT2D eigenvalue weighted by Crippen LogP contribution is 2.13. The number of ether oxygens (including phenoxy) is 1. The molecule has 1 aromatic rings. The number of hydrogen-bond donors (Lipinski definition) is 2. The first-order valence-electron chi connectivity index (χ1n) is 6.59. The number of hydrogen-bond acceptors (Lipinski definition) is 5. The molecule has 7 nitrogen and oxygen atoms in total. The van der Waals surface area contributed by atoms with Gasteiger partial charge in [-0.1, -0.05) is 6.07 Å². The van der Waals surface area contributed by atoms with Crippen LogP contribution in [-0.2, 0) is 19.1 Å². The molecule has 0 unspecified atom stereocenters. The molecule has 0 saturated heterocycles. The standard InChI is InChI=1S/C13H13NO4.C2HF3O2/c1-2-18-13(17)9-7-11-5-3-4-10(14-11)6-8-12(15)16;3-2(4,5)1(6)7/h3-9H,2H2,1H3,(H,15,16);(H,6,7). The van der Waals surface area contributed by atoms with Crippen LogP contribution < -0.4 is 0 Å². The Hall–Kier alpha value is -3.17. The zero-order chi connectivity index (χ0) is 19.5. The number of rotatable bonds is 5. The Morgan fingerprint density at radius 2 is 1.60 bits per heavy atom. The lowest BCUT2D eigenvalue weighted by atomic mass is 10.2. The number of carboxylic acids is 2. The predicted octanol–water partition coefficient (Wildman–Crippen LogP) is 2.39. The Balaban J connectivity index is 0.000000697. The summed E-state index contributed by atoms with van der Waals surface area (Å²) in [5, 5.41) is 15.6. The number of carbonyl (C=O) groups excluding carboxylic acids is 1. The van der Waals surface area contributed by atoms with Crippen molar-refractivity contribution in [3.05, 3.63) is 41.7 Å². The van der Waals surface area contributed by atoms with Crippen LogP contribution in [0.2, 0.25) is 0 Å². The van der Waals surface area contributed by atoms with E-state index >= 15 is 0 Å². The van der Waals surface area contributed by atoms with E-state index in [1.807, 2.05) is 0 Å². The van der Waals surface area contributed by atoms with Crippen LogP contribution >= 0.6 is 0 Å². The molecule has 1 heterocycles. The maximum atomic E-state index is 11.1. The summed E-state index contributed by atoms with van der Waals surface area (Å²) in [5.74, 6) is -4.23. The fourth-order valence-electron chi connectivity index (χ4n) is 1.16. The van der Waals surface area contributed by atoms with E-state index in [-0.39, 0.29) is 0 Å². The highest BCUT2D eigenvalue weighted by molar-refractivity contribution is 5.87. The SMILES string of the molecule is CCOC(=O)C=Cc1cccc(C=CC(=O)O)n1.O=C(O)C(F)(F)F. The fraction of sp³-hybridized carbons (Fsp3) is 0.200. The summed E-state index contributed by atoms with van der Waals surface area (Å²) in [6.45, 7) is 2.04. The van der Waals surface area contributed by atoms with Gasteiger partial charge in [0.25, 0.3) is 0 Å². The molecule has 2 N–H and O–H groups in total. The van der Waals surface area contributed by atoms with E-state index in [1.165, 1.54) is 18.2 Å². The maximum absolute atomic E-state index is 11.1. The number of carboxylic acid groups (broad SMARTS) is 2. The minimum Gasteiger partial charge on any atom is -0.478 e. The van der Waals surface area contributed by atoms with E-state index in [2.05, 4.69) is 4.98 Å². The van der Waals surface area contributed by atoms with Gasteiger partial charge in [0.05, 0.1) is 18.0 Å². The van der Waals surface area contributed by atoms with Gasteiger partial charge in [-0.15, -0.1) is 0 Å². The minimum absolute atomic E-state index is 0.317. The molecule has 0 bridgehead atoms. The monoisotopic (exact) mass is 361 g/mol. The molecule has 1 rings (SSSR count). The van der Waals surface area contributed by atoms with Crippen molar-refractivity contribution in [2.45, 2.75) is 13.1 Å². The first-order valence-corrected chi connectivity index (χ1v) is 6.59. The molecule has 0 fully saturated rings. The van der Waals surface area contributed by atoms with Crippen LogP contribution in [-0.4, -0.2) is 45.9 Å². The molecule has 0 aromatic carbocycles. The summed E-state index contributed by atoms with van der Waals surface area (Å²) in [6, 6.07) is 5.09. The molecule has 0 saturated carbocycles. The number of halogens is 3. The average molecular weight is 361 g/mol. The molecule has 0 radical (unpaired) electrons. The zero-order valence-electron chi connectivity index (χ0n) is 12.9. The van der Waals surface area contributed by atoms with Gasteiger partial charge >= 0.3 is 24.1 Å². The zero-order valence-corrected chi connectivity index (χ0v) is 12.9. The molecule has 0 aliphatic carbocycles. The van der Waals surface area contributed by atoms with E-state index in [4.69, 9.17) is 19.7 Å². The second kappa shape index (κ2) is 10.6. The number of alkyl halides is 3. The van der Waals surface area contributed by atoms with E-state index in [0.717, 1.165) is 6.08 Å². The third kappa shape index (κ3) is 11.1. The summed E-state index contributed by atoms with van der Waals surface area (Å²) in [5.41, 5.74) is 1.05. The number of esters is 1. The second-order valence-corrected chi connectivity index (χ2v) is 4.05. The number of carbonyl (C=O) groups is 3. The Morgan fingerprint density at radius 3 is 2.00 bits per heavy atom. The van der Waals surface area contributed by atoms with Gasteiger partial charge in [0, 0.05) is 12.2 Å². The molecule has 0 aliphatic heterocycles. The Morgan fingerprint density at radius 1 is 1.12 bits per heavy atom. The summed E-state index contributed by atoms with van der Waals surface area (Å²) in [6.07, 6.45) is 0.0812. The van der Waals surface area contributed by atoms with E-state index in [9.17, 15) is 22.8 Å². The van der Waals surface area contributed by atoms with E-state index in [1.54, 1.807) is 25.1 Å². The molecule has 0 atom stereocenters. The predicted molar refractivity (Wildman–Crippen MR) is 80.3 cm³/mol. The Bertz CT molecular complexity index is 667. The van der Waals surface area contributed by atoms with Crippen molar-refractivity contribution >= 4 is 30.1 Å². The lowest BCUT2D eigenvalue weighted by Crippen LogP contribution is -2.21. The summed E-state index contributed by atoms with van der Waals surface area (Å²) in [7, 11) is 0. The lowest BCUT2D eigenvalue weighted by Gasteiger charge is -1.97. The molecule has 0 spiro atoms. The van der Waals surface area contributed by atoms with Gasteiger partial charge in [-0.3, -0.25) is 0 Å². The Labute approximate surface area is 140 Å².